The lowest BCUT2D eigenvalue weighted by Gasteiger charge is -2.32. The van der Waals surface area contributed by atoms with Gasteiger partial charge in [0.05, 0.1) is 26.4 Å². The molecule has 0 bridgehead atoms. The van der Waals surface area contributed by atoms with Crippen LogP contribution < -0.4 is 5.32 Å². The minimum absolute atomic E-state index is 0.0758. The summed E-state index contributed by atoms with van der Waals surface area (Å²) in [4.78, 5) is 18.6. The van der Waals surface area contributed by atoms with Crippen LogP contribution in [0.2, 0.25) is 0 Å². The lowest BCUT2D eigenvalue weighted by molar-refractivity contribution is -0.145. The fourth-order valence-electron chi connectivity index (χ4n) is 2.71. The van der Waals surface area contributed by atoms with Crippen LogP contribution in [0.5, 0.6) is 0 Å². The zero-order valence-electron chi connectivity index (χ0n) is 13.5. The molecule has 2 saturated heterocycles. The molecule has 0 spiro atoms. The van der Waals surface area contributed by atoms with Gasteiger partial charge in [-0.15, -0.1) is 11.3 Å². The SMILES string of the molecule is Cc1csc([C@H]2CN(C(=O)NCCC3(C)OCCO3)CCO2)n1. The van der Waals surface area contributed by atoms with Crippen LogP contribution in [0.3, 0.4) is 0 Å². The van der Waals surface area contributed by atoms with Crippen molar-refractivity contribution in [3.05, 3.63) is 16.1 Å². The van der Waals surface area contributed by atoms with Gasteiger partial charge in [-0.05, 0) is 13.8 Å². The second kappa shape index (κ2) is 7.12. The van der Waals surface area contributed by atoms with Crippen LogP contribution in [0.25, 0.3) is 0 Å². The highest BCUT2D eigenvalue weighted by molar-refractivity contribution is 7.09. The van der Waals surface area contributed by atoms with Crippen molar-refractivity contribution in [2.24, 2.45) is 0 Å². The maximum atomic E-state index is 12.3. The molecule has 7 nitrogen and oxygen atoms in total. The Morgan fingerprint density at radius 3 is 2.96 bits per heavy atom. The lowest BCUT2D eigenvalue weighted by Crippen LogP contribution is -2.48. The van der Waals surface area contributed by atoms with Gasteiger partial charge >= 0.3 is 6.03 Å². The number of nitrogens with zero attached hydrogens (tertiary/aromatic N) is 2. The van der Waals surface area contributed by atoms with Gasteiger partial charge in [-0.25, -0.2) is 9.78 Å². The molecule has 128 valence electrons. The Morgan fingerprint density at radius 1 is 1.48 bits per heavy atom. The van der Waals surface area contributed by atoms with Gasteiger partial charge in [0.15, 0.2) is 5.79 Å². The number of thiazole rings is 1. The first kappa shape index (κ1) is 16.6. The summed E-state index contributed by atoms with van der Waals surface area (Å²) in [6, 6.07) is -0.0758. The minimum atomic E-state index is -0.570. The van der Waals surface area contributed by atoms with E-state index in [1.807, 2.05) is 19.2 Å². The number of urea groups is 1. The highest BCUT2D eigenvalue weighted by Crippen LogP contribution is 2.25. The molecule has 0 aromatic carbocycles. The fourth-order valence-corrected chi connectivity index (χ4v) is 3.55. The van der Waals surface area contributed by atoms with E-state index < -0.39 is 5.79 Å². The van der Waals surface area contributed by atoms with Gasteiger partial charge in [-0.3, -0.25) is 0 Å². The number of ether oxygens (including phenoxy) is 3. The molecule has 1 aromatic rings. The Labute approximate surface area is 139 Å². The predicted octanol–water partition coefficient (Wildman–Crippen LogP) is 1.69. The summed E-state index contributed by atoms with van der Waals surface area (Å²) in [6.07, 6.45) is 0.505. The Kier molecular flexibility index (Phi) is 5.15. The van der Waals surface area contributed by atoms with E-state index in [1.54, 1.807) is 16.2 Å². The largest absolute Gasteiger partial charge is 0.367 e. The van der Waals surface area contributed by atoms with Crippen LogP contribution >= 0.6 is 11.3 Å². The van der Waals surface area contributed by atoms with Gasteiger partial charge in [-0.2, -0.15) is 0 Å². The molecule has 0 unspecified atom stereocenters. The number of aromatic nitrogens is 1. The van der Waals surface area contributed by atoms with Crippen LogP contribution in [0.1, 0.15) is 30.2 Å². The topological polar surface area (TPSA) is 72.9 Å². The number of morpholine rings is 1. The van der Waals surface area contributed by atoms with Gasteiger partial charge in [0.25, 0.3) is 0 Å². The number of hydrogen-bond donors (Lipinski definition) is 1. The van der Waals surface area contributed by atoms with Crippen molar-refractivity contribution >= 4 is 17.4 Å². The smallest absolute Gasteiger partial charge is 0.317 e. The van der Waals surface area contributed by atoms with Crippen molar-refractivity contribution in [1.29, 1.82) is 0 Å². The van der Waals surface area contributed by atoms with E-state index in [4.69, 9.17) is 14.2 Å². The first-order valence-corrected chi connectivity index (χ1v) is 8.78. The van der Waals surface area contributed by atoms with Crippen molar-refractivity contribution in [3.8, 4) is 0 Å². The summed E-state index contributed by atoms with van der Waals surface area (Å²) in [5.74, 6) is -0.570. The molecule has 8 heteroatoms. The molecule has 1 aromatic heterocycles. The van der Waals surface area contributed by atoms with Gasteiger partial charge in [0.1, 0.15) is 11.1 Å². The molecule has 0 aliphatic carbocycles. The van der Waals surface area contributed by atoms with E-state index in [-0.39, 0.29) is 12.1 Å². The zero-order chi connectivity index (χ0) is 16.3. The Morgan fingerprint density at radius 2 is 2.26 bits per heavy atom. The normalized spacial score (nSPS) is 23.9. The summed E-state index contributed by atoms with van der Waals surface area (Å²) in [7, 11) is 0. The first-order chi connectivity index (χ1) is 11.1. The Balaban J connectivity index is 1.47. The van der Waals surface area contributed by atoms with E-state index in [0.717, 1.165) is 10.7 Å². The zero-order valence-corrected chi connectivity index (χ0v) is 14.4. The third-order valence-corrected chi connectivity index (χ3v) is 5.07. The lowest BCUT2D eigenvalue weighted by atomic mass is 10.2. The van der Waals surface area contributed by atoms with Crippen LogP contribution in [0.4, 0.5) is 4.79 Å². The van der Waals surface area contributed by atoms with Gasteiger partial charge in [0, 0.05) is 30.6 Å². The van der Waals surface area contributed by atoms with Gasteiger partial charge in [-0.1, -0.05) is 0 Å². The summed E-state index contributed by atoms with van der Waals surface area (Å²) in [6.45, 7) is 7.27. The highest BCUT2D eigenvalue weighted by atomic mass is 32.1. The molecular weight excluding hydrogens is 318 g/mol. The highest BCUT2D eigenvalue weighted by Gasteiger charge is 2.31. The molecule has 2 aliphatic rings. The van der Waals surface area contributed by atoms with Crippen LogP contribution in [0, 0.1) is 6.92 Å². The van der Waals surface area contributed by atoms with E-state index in [0.29, 0.717) is 45.9 Å². The second-order valence-corrected chi connectivity index (χ2v) is 6.83. The van der Waals surface area contributed by atoms with E-state index in [9.17, 15) is 4.79 Å². The monoisotopic (exact) mass is 341 g/mol. The van der Waals surface area contributed by atoms with Crippen LogP contribution in [-0.2, 0) is 14.2 Å². The summed E-state index contributed by atoms with van der Waals surface area (Å²) in [5, 5.41) is 5.87. The van der Waals surface area contributed by atoms with Crippen molar-refractivity contribution in [2.45, 2.75) is 32.2 Å². The number of rotatable bonds is 4. The maximum absolute atomic E-state index is 12.3. The number of aryl methyl sites for hydroxylation is 1. The minimum Gasteiger partial charge on any atom is -0.367 e. The molecule has 2 amide bonds. The standard InChI is InChI=1S/C15H23N3O4S/c1-11-10-23-13(17-11)12-9-18(5-6-20-12)14(19)16-4-3-15(2)21-7-8-22-15/h10,12H,3-9H2,1-2H3,(H,16,19)/t12-/m1/s1. The molecule has 3 heterocycles. The van der Waals surface area contributed by atoms with Crippen molar-refractivity contribution in [2.75, 3.05) is 39.5 Å². The number of hydrogen-bond acceptors (Lipinski definition) is 6. The number of amides is 2. The summed E-state index contributed by atoms with van der Waals surface area (Å²) >= 11 is 1.58. The molecule has 3 rings (SSSR count). The third kappa shape index (κ3) is 4.20. The average Bonchev–Trinajstić information content (AvgIpc) is 3.16. The second-order valence-electron chi connectivity index (χ2n) is 5.95. The number of carbonyl (C=O) groups is 1. The average molecular weight is 341 g/mol. The number of carbonyl (C=O) groups excluding carboxylic acids is 1. The molecule has 2 aliphatic heterocycles. The van der Waals surface area contributed by atoms with Crippen molar-refractivity contribution < 1.29 is 19.0 Å². The van der Waals surface area contributed by atoms with Crippen molar-refractivity contribution in [3.63, 3.8) is 0 Å². The maximum Gasteiger partial charge on any atom is 0.317 e. The summed E-state index contributed by atoms with van der Waals surface area (Å²) < 4.78 is 16.8. The molecule has 0 radical (unpaired) electrons. The molecule has 2 fully saturated rings. The van der Waals surface area contributed by atoms with E-state index in [2.05, 4.69) is 10.3 Å². The fraction of sp³-hybridized carbons (Fsp3) is 0.733. The predicted molar refractivity (Wildman–Crippen MR) is 85.4 cm³/mol. The molecule has 1 N–H and O–H groups in total. The number of nitrogens with one attached hydrogen (secondary N) is 1. The molecule has 0 saturated carbocycles. The third-order valence-electron chi connectivity index (χ3n) is 4.02. The Bertz CT molecular complexity index is 545. The first-order valence-electron chi connectivity index (χ1n) is 7.90. The molecule has 1 atom stereocenters. The van der Waals surface area contributed by atoms with Crippen LogP contribution in [0.15, 0.2) is 5.38 Å². The molecular formula is C15H23N3O4S. The molecule has 23 heavy (non-hydrogen) atoms. The Hall–Kier alpha value is -1.22. The van der Waals surface area contributed by atoms with Crippen LogP contribution in [-0.4, -0.2) is 61.2 Å². The quantitative estimate of drug-likeness (QED) is 0.902. The van der Waals surface area contributed by atoms with Crippen molar-refractivity contribution in [1.82, 2.24) is 15.2 Å². The summed E-state index contributed by atoms with van der Waals surface area (Å²) in [5.41, 5.74) is 0.986. The van der Waals surface area contributed by atoms with Gasteiger partial charge < -0.3 is 24.4 Å². The van der Waals surface area contributed by atoms with E-state index in [1.165, 1.54) is 0 Å². The van der Waals surface area contributed by atoms with E-state index >= 15 is 0 Å². The van der Waals surface area contributed by atoms with Gasteiger partial charge in [0.2, 0.25) is 0 Å².